The predicted octanol–water partition coefficient (Wildman–Crippen LogP) is 6.18. The lowest BCUT2D eigenvalue weighted by Gasteiger charge is -2.36. The fraction of sp³-hybridized carbons (Fsp3) is 0.625. The molecule has 1 saturated carbocycles. The molecule has 1 aromatic carbocycles. The second-order valence-electron chi connectivity index (χ2n) is 5.67. The van der Waals surface area contributed by atoms with Crippen molar-refractivity contribution in [3.8, 4) is 5.75 Å². The van der Waals surface area contributed by atoms with Gasteiger partial charge in [0.15, 0.2) is 0 Å². The van der Waals surface area contributed by atoms with E-state index in [0.29, 0.717) is 5.41 Å². The molecule has 2 rings (SSSR count). The average molecular weight is 469 g/mol. The minimum absolute atomic E-state index is 0.336. The lowest BCUT2D eigenvalue weighted by molar-refractivity contribution is 0.169. The Kier molecular flexibility index (Phi) is 6.89. The van der Waals surface area contributed by atoms with Crippen LogP contribution in [-0.2, 0) is 0 Å². The molecule has 0 heterocycles. The van der Waals surface area contributed by atoms with Crippen molar-refractivity contribution in [2.45, 2.75) is 32.1 Å². The summed E-state index contributed by atoms with van der Waals surface area (Å²) in [5.74, 6) is 1.77. The maximum absolute atomic E-state index is 5.93. The van der Waals surface area contributed by atoms with Crippen LogP contribution in [0.2, 0.25) is 0 Å². The SMILES string of the molecule is BrCC(CBr)(CCOc1cccc(Br)c1)C1CCCC1. The van der Waals surface area contributed by atoms with Crippen LogP contribution in [0, 0.1) is 11.3 Å². The van der Waals surface area contributed by atoms with Crippen molar-refractivity contribution in [1.29, 1.82) is 0 Å². The maximum atomic E-state index is 5.93. The average Bonchev–Trinajstić information content (AvgIpc) is 2.99. The molecule has 0 aliphatic heterocycles. The van der Waals surface area contributed by atoms with E-state index in [9.17, 15) is 0 Å². The molecular weight excluding hydrogens is 448 g/mol. The largest absolute Gasteiger partial charge is 0.494 e. The molecule has 0 N–H and O–H groups in total. The second kappa shape index (κ2) is 8.19. The van der Waals surface area contributed by atoms with Gasteiger partial charge < -0.3 is 4.74 Å². The number of alkyl halides is 2. The van der Waals surface area contributed by atoms with Crippen LogP contribution in [0.5, 0.6) is 5.75 Å². The highest BCUT2D eigenvalue weighted by Crippen LogP contribution is 2.45. The van der Waals surface area contributed by atoms with Gasteiger partial charge in [-0.15, -0.1) is 0 Å². The Hall–Kier alpha value is 0.460. The molecule has 112 valence electrons. The minimum atomic E-state index is 0.336. The highest BCUT2D eigenvalue weighted by Gasteiger charge is 2.38. The summed E-state index contributed by atoms with van der Waals surface area (Å²) in [6, 6.07) is 8.08. The van der Waals surface area contributed by atoms with Gasteiger partial charge in [0.1, 0.15) is 5.75 Å². The molecule has 1 aliphatic rings. The van der Waals surface area contributed by atoms with E-state index in [0.717, 1.165) is 39.8 Å². The van der Waals surface area contributed by atoms with E-state index in [1.165, 1.54) is 25.7 Å². The van der Waals surface area contributed by atoms with Crippen LogP contribution >= 0.6 is 47.8 Å². The van der Waals surface area contributed by atoms with Crippen LogP contribution in [0.4, 0.5) is 0 Å². The van der Waals surface area contributed by atoms with Crippen molar-refractivity contribution in [1.82, 2.24) is 0 Å². The van der Waals surface area contributed by atoms with E-state index in [4.69, 9.17) is 4.74 Å². The van der Waals surface area contributed by atoms with E-state index < -0.39 is 0 Å². The molecule has 1 nitrogen and oxygen atoms in total. The second-order valence-corrected chi connectivity index (χ2v) is 7.70. The fourth-order valence-corrected chi connectivity index (χ4v) is 5.84. The topological polar surface area (TPSA) is 9.23 Å². The van der Waals surface area contributed by atoms with Gasteiger partial charge in [-0.1, -0.05) is 66.7 Å². The van der Waals surface area contributed by atoms with E-state index in [-0.39, 0.29) is 0 Å². The molecule has 20 heavy (non-hydrogen) atoms. The van der Waals surface area contributed by atoms with E-state index >= 15 is 0 Å². The normalized spacial score (nSPS) is 16.6. The summed E-state index contributed by atoms with van der Waals surface area (Å²) in [7, 11) is 0. The monoisotopic (exact) mass is 466 g/mol. The van der Waals surface area contributed by atoms with Gasteiger partial charge in [-0.25, -0.2) is 0 Å². The Labute approximate surface area is 147 Å². The van der Waals surface area contributed by atoms with Gasteiger partial charge in [-0.3, -0.25) is 0 Å². The molecule has 4 heteroatoms. The maximum Gasteiger partial charge on any atom is 0.120 e. The Morgan fingerprint density at radius 3 is 2.45 bits per heavy atom. The number of ether oxygens (including phenoxy) is 1. The Bertz CT molecular complexity index is 412. The summed E-state index contributed by atoms with van der Waals surface area (Å²) < 4.78 is 7.00. The summed E-state index contributed by atoms with van der Waals surface area (Å²) >= 11 is 11.0. The summed E-state index contributed by atoms with van der Waals surface area (Å²) in [6.45, 7) is 0.782. The van der Waals surface area contributed by atoms with Gasteiger partial charge in [-0.05, 0) is 48.8 Å². The van der Waals surface area contributed by atoms with Gasteiger partial charge in [0.2, 0.25) is 0 Å². The quantitative estimate of drug-likeness (QED) is 0.434. The summed E-state index contributed by atoms with van der Waals surface area (Å²) in [6.07, 6.45) is 6.61. The van der Waals surface area contributed by atoms with Crippen molar-refractivity contribution < 1.29 is 4.74 Å². The molecule has 0 bridgehead atoms. The number of hydrogen-bond acceptors (Lipinski definition) is 1. The molecule has 0 amide bonds. The molecule has 1 aromatic rings. The standard InChI is InChI=1S/C16H21Br3O/c17-11-16(12-18,13-4-1-2-5-13)8-9-20-15-7-3-6-14(19)10-15/h3,6-7,10,13H,1-2,4-5,8-9,11-12H2. The van der Waals surface area contributed by atoms with E-state index in [1.807, 2.05) is 24.3 Å². The lowest BCUT2D eigenvalue weighted by Crippen LogP contribution is -2.34. The van der Waals surface area contributed by atoms with Crippen molar-refractivity contribution in [2.24, 2.45) is 11.3 Å². The number of rotatable bonds is 7. The number of benzene rings is 1. The third kappa shape index (κ3) is 4.23. The molecule has 0 aromatic heterocycles. The van der Waals surface area contributed by atoms with Crippen molar-refractivity contribution in [2.75, 3.05) is 17.3 Å². The first-order valence-corrected chi connectivity index (χ1v) is 10.2. The first-order chi connectivity index (χ1) is 9.70. The van der Waals surface area contributed by atoms with Crippen LogP contribution < -0.4 is 4.74 Å². The molecule has 0 saturated heterocycles. The van der Waals surface area contributed by atoms with Crippen LogP contribution in [0.1, 0.15) is 32.1 Å². The molecule has 1 fully saturated rings. The minimum Gasteiger partial charge on any atom is -0.494 e. The molecule has 0 atom stereocenters. The zero-order valence-corrected chi connectivity index (χ0v) is 16.3. The van der Waals surface area contributed by atoms with Crippen molar-refractivity contribution in [3.05, 3.63) is 28.7 Å². The molecule has 0 radical (unpaired) electrons. The molecule has 1 aliphatic carbocycles. The zero-order valence-electron chi connectivity index (χ0n) is 11.6. The Morgan fingerprint density at radius 2 is 1.85 bits per heavy atom. The molecule has 0 spiro atoms. The lowest BCUT2D eigenvalue weighted by atomic mass is 9.75. The van der Waals surface area contributed by atoms with E-state index in [2.05, 4.69) is 47.8 Å². The van der Waals surface area contributed by atoms with Gasteiger partial charge in [0.25, 0.3) is 0 Å². The van der Waals surface area contributed by atoms with Crippen LogP contribution in [-0.4, -0.2) is 17.3 Å². The van der Waals surface area contributed by atoms with Gasteiger partial charge in [0, 0.05) is 15.1 Å². The third-order valence-electron chi connectivity index (χ3n) is 4.42. The summed E-state index contributed by atoms with van der Waals surface area (Å²) in [5, 5.41) is 2.11. The summed E-state index contributed by atoms with van der Waals surface area (Å²) in [4.78, 5) is 0. The highest BCUT2D eigenvalue weighted by molar-refractivity contribution is 9.10. The van der Waals surface area contributed by atoms with Crippen LogP contribution in [0.25, 0.3) is 0 Å². The van der Waals surface area contributed by atoms with Gasteiger partial charge in [-0.2, -0.15) is 0 Å². The van der Waals surface area contributed by atoms with Gasteiger partial charge >= 0.3 is 0 Å². The first kappa shape index (κ1) is 16.8. The first-order valence-electron chi connectivity index (χ1n) is 7.20. The van der Waals surface area contributed by atoms with Gasteiger partial charge in [0.05, 0.1) is 6.61 Å². The summed E-state index contributed by atoms with van der Waals surface area (Å²) in [5.41, 5.74) is 0.336. The zero-order chi connectivity index (χ0) is 14.4. The smallest absolute Gasteiger partial charge is 0.120 e. The predicted molar refractivity (Wildman–Crippen MR) is 96.2 cm³/mol. The van der Waals surface area contributed by atoms with Crippen molar-refractivity contribution in [3.63, 3.8) is 0 Å². The number of hydrogen-bond donors (Lipinski definition) is 0. The number of halogens is 3. The molecule has 0 unspecified atom stereocenters. The highest BCUT2D eigenvalue weighted by atomic mass is 79.9. The van der Waals surface area contributed by atoms with Crippen molar-refractivity contribution >= 4 is 47.8 Å². The Morgan fingerprint density at radius 1 is 1.15 bits per heavy atom. The molecular formula is C16H21Br3O. The van der Waals surface area contributed by atoms with Crippen LogP contribution in [0.15, 0.2) is 28.7 Å². The van der Waals surface area contributed by atoms with Crippen LogP contribution in [0.3, 0.4) is 0 Å². The van der Waals surface area contributed by atoms with E-state index in [1.54, 1.807) is 0 Å². The fourth-order valence-electron chi connectivity index (χ4n) is 3.06. The Balaban J connectivity index is 1.92. The third-order valence-corrected chi connectivity index (χ3v) is 7.14.